The molecule has 0 unspecified atom stereocenters. The van der Waals surface area contributed by atoms with E-state index < -0.39 is 0 Å². The fourth-order valence-corrected chi connectivity index (χ4v) is 1.51. The molecule has 0 aliphatic heterocycles. The van der Waals surface area contributed by atoms with Crippen molar-refractivity contribution < 1.29 is 0 Å². The van der Waals surface area contributed by atoms with E-state index in [-0.39, 0.29) is 0 Å². The molecule has 0 spiro atoms. The third-order valence-electron chi connectivity index (χ3n) is 2.28. The summed E-state index contributed by atoms with van der Waals surface area (Å²) in [4.78, 5) is 8.41. The summed E-state index contributed by atoms with van der Waals surface area (Å²) in [5.41, 5.74) is 2.90. The average Bonchev–Trinajstić information content (AvgIpc) is 2.77. The van der Waals surface area contributed by atoms with Crippen LogP contribution >= 0.6 is 0 Å². The Labute approximate surface area is 86.0 Å². The zero-order valence-electron chi connectivity index (χ0n) is 7.88. The predicted octanol–water partition coefficient (Wildman–Crippen LogP) is 2.02. The van der Waals surface area contributed by atoms with E-state index in [1.54, 1.807) is 24.8 Å². The van der Waals surface area contributed by atoms with Crippen LogP contribution in [0.3, 0.4) is 0 Å². The van der Waals surface area contributed by atoms with E-state index in [2.05, 4.69) is 20.2 Å². The Bertz CT molecular complexity index is 586. The number of rotatable bonds is 1. The molecule has 3 aromatic heterocycles. The van der Waals surface area contributed by atoms with Crippen molar-refractivity contribution in [3.05, 3.63) is 43.0 Å². The molecule has 0 radical (unpaired) electrons. The highest BCUT2D eigenvalue weighted by Gasteiger charge is 2.01. The molecule has 0 saturated heterocycles. The minimum atomic E-state index is 0.903. The monoisotopic (exact) mass is 196 g/mol. The summed E-state index contributed by atoms with van der Waals surface area (Å²) >= 11 is 0. The van der Waals surface area contributed by atoms with E-state index in [9.17, 15) is 0 Å². The van der Waals surface area contributed by atoms with Gasteiger partial charge in [0.15, 0.2) is 0 Å². The van der Waals surface area contributed by atoms with Gasteiger partial charge in [-0.1, -0.05) is 0 Å². The van der Waals surface area contributed by atoms with E-state index in [1.165, 1.54) is 0 Å². The Morgan fingerprint density at radius 1 is 1.13 bits per heavy atom. The summed E-state index contributed by atoms with van der Waals surface area (Å²) in [6.45, 7) is 0. The zero-order chi connectivity index (χ0) is 10.1. The zero-order valence-corrected chi connectivity index (χ0v) is 7.88. The fourth-order valence-electron chi connectivity index (χ4n) is 1.51. The van der Waals surface area contributed by atoms with E-state index in [0.29, 0.717) is 0 Å². The molecular formula is C11H8N4. The number of H-pyrrole nitrogens is 1. The Morgan fingerprint density at radius 3 is 3.00 bits per heavy atom. The number of aromatic nitrogens is 4. The van der Waals surface area contributed by atoms with Gasteiger partial charge in [0.05, 0.1) is 17.4 Å². The molecule has 0 bridgehead atoms. The van der Waals surface area contributed by atoms with Gasteiger partial charge in [0, 0.05) is 29.5 Å². The van der Waals surface area contributed by atoms with Crippen molar-refractivity contribution in [3.63, 3.8) is 0 Å². The lowest BCUT2D eigenvalue weighted by atomic mass is 10.2. The van der Waals surface area contributed by atoms with Gasteiger partial charge in [-0.05, 0) is 18.2 Å². The van der Waals surface area contributed by atoms with Crippen LogP contribution in [0.4, 0.5) is 0 Å². The number of fused-ring (bicyclic) bond motifs is 1. The van der Waals surface area contributed by atoms with Crippen LogP contribution in [-0.2, 0) is 0 Å². The van der Waals surface area contributed by atoms with E-state index in [0.717, 1.165) is 22.2 Å². The number of aromatic amines is 1. The van der Waals surface area contributed by atoms with Gasteiger partial charge in [0.1, 0.15) is 0 Å². The van der Waals surface area contributed by atoms with Crippen LogP contribution in [0, 0.1) is 0 Å². The highest BCUT2D eigenvalue weighted by atomic mass is 15.1. The van der Waals surface area contributed by atoms with Crippen LogP contribution < -0.4 is 0 Å². The van der Waals surface area contributed by atoms with Crippen molar-refractivity contribution in [2.45, 2.75) is 0 Å². The molecule has 0 atom stereocenters. The van der Waals surface area contributed by atoms with Crippen molar-refractivity contribution in [2.24, 2.45) is 0 Å². The Balaban J connectivity index is 2.19. The van der Waals surface area contributed by atoms with Crippen molar-refractivity contribution in [2.75, 3.05) is 0 Å². The molecule has 3 rings (SSSR count). The molecule has 4 heteroatoms. The van der Waals surface area contributed by atoms with Crippen molar-refractivity contribution in [1.29, 1.82) is 0 Å². The maximum Gasteiger partial charge on any atom is 0.0739 e. The van der Waals surface area contributed by atoms with Gasteiger partial charge in [-0.15, -0.1) is 0 Å². The van der Waals surface area contributed by atoms with Gasteiger partial charge >= 0.3 is 0 Å². The summed E-state index contributed by atoms with van der Waals surface area (Å²) in [6, 6.07) is 5.85. The number of hydrogen-bond donors (Lipinski definition) is 1. The number of nitrogens with zero attached hydrogens (tertiary/aromatic N) is 3. The first-order chi connectivity index (χ1) is 7.43. The lowest BCUT2D eigenvalue weighted by Crippen LogP contribution is -1.83. The number of pyridine rings is 2. The molecule has 4 nitrogen and oxygen atoms in total. The SMILES string of the molecule is c1cncc(-c2cc3[nH]ncc3cn2)c1. The second-order valence-electron chi connectivity index (χ2n) is 3.27. The summed E-state index contributed by atoms with van der Waals surface area (Å²) in [6.07, 6.45) is 7.11. The third kappa shape index (κ3) is 1.36. The van der Waals surface area contributed by atoms with Crippen LogP contribution in [0.15, 0.2) is 43.0 Å². The Morgan fingerprint density at radius 2 is 2.13 bits per heavy atom. The molecule has 0 aliphatic carbocycles. The van der Waals surface area contributed by atoms with Crippen LogP contribution in [0.5, 0.6) is 0 Å². The van der Waals surface area contributed by atoms with Crippen LogP contribution in [0.1, 0.15) is 0 Å². The normalized spacial score (nSPS) is 10.7. The molecule has 72 valence electrons. The summed E-state index contributed by atoms with van der Waals surface area (Å²) in [7, 11) is 0. The highest BCUT2D eigenvalue weighted by Crippen LogP contribution is 2.18. The maximum absolute atomic E-state index is 4.35. The average molecular weight is 196 g/mol. The minimum Gasteiger partial charge on any atom is -0.278 e. The molecule has 0 aliphatic rings. The van der Waals surface area contributed by atoms with Gasteiger partial charge in [-0.25, -0.2) is 0 Å². The molecule has 1 N–H and O–H groups in total. The van der Waals surface area contributed by atoms with Gasteiger partial charge in [-0.3, -0.25) is 15.1 Å². The first kappa shape index (κ1) is 8.11. The predicted molar refractivity (Wildman–Crippen MR) is 57.1 cm³/mol. The summed E-state index contributed by atoms with van der Waals surface area (Å²) in [5.74, 6) is 0. The Kier molecular flexibility index (Phi) is 1.71. The molecular weight excluding hydrogens is 188 g/mol. The lowest BCUT2D eigenvalue weighted by molar-refractivity contribution is 1.12. The highest BCUT2D eigenvalue weighted by molar-refractivity contribution is 5.80. The maximum atomic E-state index is 4.35. The third-order valence-corrected chi connectivity index (χ3v) is 2.28. The summed E-state index contributed by atoms with van der Waals surface area (Å²) < 4.78 is 0. The Hall–Kier alpha value is -2.23. The van der Waals surface area contributed by atoms with E-state index in [1.807, 2.05) is 18.2 Å². The number of nitrogens with one attached hydrogen (secondary N) is 1. The molecule has 0 aromatic carbocycles. The quantitative estimate of drug-likeness (QED) is 0.647. The topological polar surface area (TPSA) is 54.5 Å². The molecule has 3 heterocycles. The molecule has 0 amide bonds. The van der Waals surface area contributed by atoms with Crippen molar-refractivity contribution >= 4 is 10.9 Å². The summed E-state index contributed by atoms with van der Waals surface area (Å²) in [5, 5.41) is 7.89. The molecule has 3 aromatic rings. The van der Waals surface area contributed by atoms with Crippen LogP contribution in [0.2, 0.25) is 0 Å². The first-order valence-electron chi connectivity index (χ1n) is 4.63. The van der Waals surface area contributed by atoms with Gasteiger partial charge in [0.2, 0.25) is 0 Å². The van der Waals surface area contributed by atoms with Gasteiger partial charge < -0.3 is 0 Å². The fraction of sp³-hybridized carbons (Fsp3) is 0. The van der Waals surface area contributed by atoms with Crippen molar-refractivity contribution in [3.8, 4) is 11.3 Å². The van der Waals surface area contributed by atoms with Crippen molar-refractivity contribution in [1.82, 2.24) is 20.2 Å². The molecule has 0 saturated carbocycles. The molecule has 15 heavy (non-hydrogen) atoms. The number of hydrogen-bond acceptors (Lipinski definition) is 3. The standard InChI is InChI=1S/C11H8N4/c1-2-8(5-12-3-1)10-4-11-9(6-13-10)7-14-15-11/h1-7H,(H,14,15). The van der Waals surface area contributed by atoms with Crippen LogP contribution in [-0.4, -0.2) is 20.2 Å². The second-order valence-corrected chi connectivity index (χ2v) is 3.27. The smallest absolute Gasteiger partial charge is 0.0739 e. The van der Waals surface area contributed by atoms with E-state index >= 15 is 0 Å². The van der Waals surface area contributed by atoms with Crippen LogP contribution in [0.25, 0.3) is 22.2 Å². The van der Waals surface area contributed by atoms with Gasteiger partial charge in [-0.2, -0.15) is 5.10 Å². The minimum absolute atomic E-state index is 0.903. The van der Waals surface area contributed by atoms with Gasteiger partial charge in [0.25, 0.3) is 0 Å². The first-order valence-corrected chi connectivity index (χ1v) is 4.63. The largest absolute Gasteiger partial charge is 0.278 e. The second kappa shape index (κ2) is 3.16. The van der Waals surface area contributed by atoms with E-state index in [4.69, 9.17) is 0 Å². The lowest BCUT2D eigenvalue weighted by Gasteiger charge is -1.98. The molecule has 0 fully saturated rings.